The highest BCUT2D eigenvalue weighted by molar-refractivity contribution is 14.0. The van der Waals surface area contributed by atoms with Crippen LogP contribution in [0, 0.1) is 0 Å². The van der Waals surface area contributed by atoms with Crippen molar-refractivity contribution in [2.45, 2.75) is 30.9 Å². The van der Waals surface area contributed by atoms with E-state index in [2.05, 4.69) is 15.6 Å². The molecular formula is C13H25IN4O2S. The van der Waals surface area contributed by atoms with Crippen LogP contribution in [0.5, 0.6) is 0 Å². The van der Waals surface area contributed by atoms with Gasteiger partial charge in [-0.2, -0.15) is 11.8 Å². The summed E-state index contributed by atoms with van der Waals surface area (Å²) in [5.41, 5.74) is -0.623. The number of nitrogens with one attached hydrogen (secondary N) is 2. The van der Waals surface area contributed by atoms with Crippen molar-refractivity contribution in [3.63, 3.8) is 0 Å². The molecule has 0 aromatic carbocycles. The molecule has 2 unspecified atom stereocenters. The predicted octanol–water partition coefficient (Wildman–Crippen LogP) is 0.258. The number of piperidine rings is 1. The Morgan fingerprint density at radius 1 is 1.62 bits per heavy atom. The van der Waals surface area contributed by atoms with Crippen LogP contribution in [0.3, 0.4) is 0 Å². The van der Waals surface area contributed by atoms with Crippen LogP contribution in [0.15, 0.2) is 4.99 Å². The molecule has 0 saturated carbocycles. The average molecular weight is 428 g/mol. The molecule has 2 aliphatic heterocycles. The highest BCUT2D eigenvalue weighted by Crippen LogP contribution is 2.26. The number of thioether (sulfide) groups is 1. The Morgan fingerprint density at radius 2 is 2.38 bits per heavy atom. The Kier molecular flexibility index (Phi) is 7.55. The molecule has 2 saturated heterocycles. The second-order valence-electron chi connectivity index (χ2n) is 5.61. The van der Waals surface area contributed by atoms with Gasteiger partial charge in [-0.1, -0.05) is 0 Å². The standard InChI is InChI=1S/C13H24N4O2S.HI/c1-14-12(15-8-13(19)5-6-20-9-13)16-10-3-4-11(18)17(2)7-10;/h10,19H,3-9H2,1-2H3,(H2,14,15,16);1H. The van der Waals surface area contributed by atoms with Crippen LogP contribution in [0.4, 0.5) is 0 Å². The third kappa shape index (κ3) is 5.48. The lowest BCUT2D eigenvalue weighted by atomic mass is 10.0. The molecule has 0 aliphatic carbocycles. The van der Waals surface area contributed by atoms with Gasteiger partial charge in [0, 0.05) is 45.4 Å². The molecule has 2 atom stereocenters. The lowest BCUT2D eigenvalue weighted by molar-refractivity contribution is -0.132. The van der Waals surface area contributed by atoms with Crippen LogP contribution in [-0.2, 0) is 4.79 Å². The van der Waals surface area contributed by atoms with Gasteiger partial charge in [0.15, 0.2) is 5.96 Å². The first-order chi connectivity index (χ1) is 9.52. The average Bonchev–Trinajstić information content (AvgIpc) is 2.86. The minimum Gasteiger partial charge on any atom is -0.387 e. The van der Waals surface area contributed by atoms with Crippen molar-refractivity contribution < 1.29 is 9.90 Å². The number of halogens is 1. The molecule has 6 nitrogen and oxygen atoms in total. The van der Waals surface area contributed by atoms with E-state index in [1.165, 1.54) is 0 Å². The SMILES string of the molecule is CN=C(NCC1(O)CCSC1)NC1CCC(=O)N(C)C1.I. The fraction of sp³-hybridized carbons (Fsp3) is 0.846. The zero-order valence-corrected chi connectivity index (χ0v) is 15.7. The van der Waals surface area contributed by atoms with Crippen LogP contribution < -0.4 is 10.6 Å². The summed E-state index contributed by atoms with van der Waals surface area (Å²) in [5, 5.41) is 16.8. The van der Waals surface area contributed by atoms with Gasteiger partial charge in [0.1, 0.15) is 0 Å². The fourth-order valence-electron chi connectivity index (χ4n) is 2.50. The van der Waals surface area contributed by atoms with Crippen molar-refractivity contribution in [2.75, 3.05) is 38.7 Å². The first-order valence-corrected chi connectivity index (χ1v) is 8.19. The van der Waals surface area contributed by atoms with E-state index in [-0.39, 0.29) is 35.9 Å². The van der Waals surface area contributed by atoms with E-state index in [0.29, 0.717) is 25.5 Å². The summed E-state index contributed by atoms with van der Waals surface area (Å²) in [6.07, 6.45) is 2.22. The summed E-state index contributed by atoms with van der Waals surface area (Å²) in [4.78, 5) is 17.4. The monoisotopic (exact) mass is 428 g/mol. The van der Waals surface area contributed by atoms with E-state index in [1.807, 2.05) is 7.05 Å². The van der Waals surface area contributed by atoms with Gasteiger partial charge in [0.25, 0.3) is 0 Å². The number of amides is 1. The van der Waals surface area contributed by atoms with Gasteiger partial charge in [-0.15, -0.1) is 24.0 Å². The maximum atomic E-state index is 11.5. The number of guanidine groups is 1. The number of likely N-dealkylation sites (N-methyl/N-ethyl adjacent to an activating group) is 1. The van der Waals surface area contributed by atoms with Gasteiger partial charge in [-0.05, 0) is 18.6 Å². The molecule has 2 heterocycles. The van der Waals surface area contributed by atoms with Crippen molar-refractivity contribution in [2.24, 2.45) is 4.99 Å². The smallest absolute Gasteiger partial charge is 0.222 e. The summed E-state index contributed by atoms with van der Waals surface area (Å²) in [6, 6.07) is 0.219. The number of hydrogen-bond donors (Lipinski definition) is 3. The number of aliphatic hydroxyl groups is 1. The number of nitrogens with zero attached hydrogens (tertiary/aromatic N) is 2. The van der Waals surface area contributed by atoms with Crippen LogP contribution >= 0.6 is 35.7 Å². The molecule has 122 valence electrons. The Hall–Kier alpha value is -0.220. The number of likely N-dealkylation sites (tertiary alicyclic amines) is 1. The van der Waals surface area contributed by atoms with E-state index in [4.69, 9.17) is 0 Å². The van der Waals surface area contributed by atoms with Crippen molar-refractivity contribution in [3.8, 4) is 0 Å². The molecule has 0 aromatic rings. The summed E-state index contributed by atoms with van der Waals surface area (Å²) in [6.45, 7) is 1.21. The molecule has 0 aromatic heterocycles. The summed E-state index contributed by atoms with van der Waals surface area (Å²) in [5.74, 6) is 2.68. The molecule has 8 heteroatoms. The molecular weight excluding hydrogens is 403 g/mol. The normalized spacial score (nSPS) is 30.0. The lowest BCUT2D eigenvalue weighted by Gasteiger charge is -2.32. The van der Waals surface area contributed by atoms with Crippen LogP contribution in [0.1, 0.15) is 19.3 Å². The maximum Gasteiger partial charge on any atom is 0.222 e. The van der Waals surface area contributed by atoms with Gasteiger partial charge >= 0.3 is 0 Å². The number of rotatable bonds is 3. The topological polar surface area (TPSA) is 77.0 Å². The van der Waals surface area contributed by atoms with E-state index in [9.17, 15) is 9.90 Å². The Bertz CT molecular complexity index is 388. The van der Waals surface area contributed by atoms with E-state index in [0.717, 1.165) is 24.3 Å². The van der Waals surface area contributed by atoms with E-state index in [1.54, 1.807) is 23.7 Å². The highest BCUT2D eigenvalue weighted by atomic mass is 127. The molecule has 0 bridgehead atoms. The number of carbonyl (C=O) groups is 1. The zero-order chi connectivity index (χ0) is 14.6. The van der Waals surface area contributed by atoms with Gasteiger partial charge in [0.2, 0.25) is 5.91 Å². The quantitative estimate of drug-likeness (QED) is 0.342. The number of hydrogen-bond acceptors (Lipinski definition) is 4. The molecule has 0 radical (unpaired) electrons. The molecule has 0 spiro atoms. The lowest BCUT2D eigenvalue weighted by Crippen LogP contribution is -2.54. The van der Waals surface area contributed by atoms with Crippen molar-refractivity contribution >= 4 is 47.6 Å². The Morgan fingerprint density at radius 3 is 2.95 bits per heavy atom. The second-order valence-corrected chi connectivity index (χ2v) is 6.71. The highest BCUT2D eigenvalue weighted by Gasteiger charge is 2.32. The van der Waals surface area contributed by atoms with Crippen LogP contribution in [-0.4, -0.2) is 72.2 Å². The summed E-state index contributed by atoms with van der Waals surface area (Å²) >= 11 is 1.78. The third-order valence-electron chi connectivity index (χ3n) is 3.86. The molecule has 2 aliphatic rings. The first-order valence-electron chi connectivity index (χ1n) is 7.04. The minimum atomic E-state index is -0.623. The zero-order valence-electron chi connectivity index (χ0n) is 12.6. The Labute approximate surface area is 147 Å². The fourth-order valence-corrected chi connectivity index (χ4v) is 3.80. The molecule has 2 rings (SSSR count). The van der Waals surface area contributed by atoms with Crippen molar-refractivity contribution in [1.82, 2.24) is 15.5 Å². The first kappa shape index (κ1) is 18.8. The van der Waals surface area contributed by atoms with E-state index < -0.39 is 5.60 Å². The van der Waals surface area contributed by atoms with Gasteiger partial charge in [-0.25, -0.2) is 0 Å². The van der Waals surface area contributed by atoms with Gasteiger partial charge in [0.05, 0.1) is 5.60 Å². The molecule has 2 fully saturated rings. The predicted molar refractivity (Wildman–Crippen MR) is 97.5 cm³/mol. The summed E-state index contributed by atoms with van der Waals surface area (Å²) in [7, 11) is 3.55. The van der Waals surface area contributed by atoms with Crippen LogP contribution in [0.25, 0.3) is 0 Å². The molecule has 21 heavy (non-hydrogen) atoms. The second kappa shape index (κ2) is 8.42. The van der Waals surface area contributed by atoms with Crippen LogP contribution in [0.2, 0.25) is 0 Å². The number of carbonyl (C=O) groups excluding carboxylic acids is 1. The molecule has 3 N–H and O–H groups in total. The molecule has 1 amide bonds. The van der Waals surface area contributed by atoms with E-state index >= 15 is 0 Å². The minimum absolute atomic E-state index is 0. The van der Waals surface area contributed by atoms with Gasteiger partial charge < -0.3 is 20.6 Å². The van der Waals surface area contributed by atoms with Crippen molar-refractivity contribution in [1.29, 1.82) is 0 Å². The third-order valence-corrected chi connectivity index (χ3v) is 5.09. The largest absolute Gasteiger partial charge is 0.387 e. The Balaban J connectivity index is 0.00000220. The van der Waals surface area contributed by atoms with Gasteiger partial charge in [-0.3, -0.25) is 9.79 Å². The summed E-state index contributed by atoms with van der Waals surface area (Å²) < 4.78 is 0. The van der Waals surface area contributed by atoms with Crippen molar-refractivity contribution in [3.05, 3.63) is 0 Å². The number of aliphatic imine (C=N–C) groups is 1. The maximum absolute atomic E-state index is 11.5.